The molecule has 1 amide bonds. The van der Waals surface area contributed by atoms with Gasteiger partial charge in [-0.2, -0.15) is 0 Å². The van der Waals surface area contributed by atoms with Crippen LogP contribution in [0, 0.1) is 0 Å². The number of benzene rings is 2. The molecule has 24 heavy (non-hydrogen) atoms. The number of hydrogen-bond acceptors (Lipinski definition) is 3. The Balaban J connectivity index is 1.85. The summed E-state index contributed by atoms with van der Waals surface area (Å²) in [5, 5.41) is 5.81. The van der Waals surface area contributed by atoms with E-state index < -0.39 is 0 Å². The van der Waals surface area contributed by atoms with E-state index in [0.29, 0.717) is 0 Å². The van der Waals surface area contributed by atoms with Gasteiger partial charge in [0.25, 0.3) is 5.91 Å². The van der Waals surface area contributed by atoms with E-state index in [-0.39, 0.29) is 5.91 Å². The first kappa shape index (κ1) is 16.9. The van der Waals surface area contributed by atoms with Crippen LogP contribution in [0.1, 0.15) is 48.5 Å². The Morgan fingerprint density at radius 3 is 2.79 bits per heavy atom. The van der Waals surface area contributed by atoms with E-state index in [4.69, 9.17) is 5.73 Å². The van der Waals surface area contributed by atoms with Crippen molar-refractivity contribution < 1.29 is 4.79 Å². The van der Waals surface area contributed by atoms with E-state index in [1.165, 1.54) is 10.9 Å². The minimum atomic E-state index is 0.150. The van der Waals surface area contributed by atoms with Crippen molar-refractivity contribution in [3.8, 4) is 0 Å². The Hall–Kier alpha value is -1.91. The molecule has 3 N–H and O–H groups in total. The second kappa shape index (κ2) is 7.77. The molecule has 0 atom stereocenters. The Kier molecular flexibility index (Phi) is 5.48. The number of carbonyl (C=O) groups excluding carboxylic acids is 1. The van der Waals surface area contributed by atoms with Crippen molar-refractivity contribution in [2.75, 3.05) is 24.5 Å². The first-order chi connectivity index (χ1) is 11.8. The number of nitrogens with one attached hydrogen (secondary N) is 1. The molecule has 0 aromatic heterocycles. The minimum absolute atomic E-state index is 0.150. The minimum Gasteiger partial charge on any atom is -0.330 e. The zero-order valence-electron chi connectivity index (χ0n) is 14.5. The third kappa shape index (κ3) is 3.17. The zero-order chi connectivity index (χ0) is 16.9. The van der Waals surface area contributed by atoms with Crippen molar-refractivity contribution in [2.45, 2.75) is 39.2 Å². The van der Waals surface area contributed by atoms with E-state index in [9.17, 15) is 4.79 Å². The quantitative estimate of drug-likeness (QED) is 0.695. The van der Waals surface area contributed by atoms with Crippen LogP contribution in [-0.4, -0.2) is 25.5 Å². The van der Waals surface area contributed by atoms with Gasteiger partial charge in [-0.25, -0.2) is 0 Å². The van der Waals surface area contributed by atoms with Crippen molar-refractivity contribution in [3.05, 3.63) is 41.5 Å². The molecule has 2 aromatic rings. The maximum absolute atomic E-state index is 12.7. The molecule has 1 aliphatic heterocycles. The summed E-state index contributed by atoms with van der Waals surface area (Å²) in [7, 11) is 0. The van der Waals surface area contributed by atoms with Gasteiger partial charge >= 0.3 is 0 Å². The number of rotatable bonds is 9. The molecule has 0 saturated carbocycles. The normalized spacial score (nSPS) is 13.2. The number of hydrogen-bond donors (Lipinski definition) is 2. The summed E-state index contributed by atoms with van der Waals surface area (Å²) in [6.07, 6.45) is 4.28. The molecule has 2 aromatic carbocycles. The van der Waals surface area contributed by atoms with Gasteiger partial charge in [-0.05, 0) is 55.4 Å². The van der Waals surface area contributed by atoms with E-state index in [2.05, 4.69) is 30.4 Å². The molecule has 3 rings (SSSR count). The predicted molar refractivity (Wildman–Crippen MR) is 101 cm³/mol. The summed E-state index contributed by atoms with van der Waals surface area (Å²) < 4.78 is 0. The lowest BCUT2D eigenvalue weighted by atomic mass is 10.0. The lowest BCUT2D eigenvalue weighted by molar-refractivity contribution is 0.0993. The molecule has 0 unspecified atom stereocenters. The average molecular weight is 325 g/mol. The summed E-state index contributed by atoms with van der Waals surface area (Å²) in [5.41, 5.74) is 8.72. The van der Waals surface area contributed by atoms with Crippen LogP contribution in [0.3, 0.4) is 0 Å². The highest BCUT2D eigenvalue weighted by atomic mass is 16.2. The standard InChI is InChI=1S/C20H27N3O/c1-2-3-13-23-18-10-9-15(14-22-12-5-4-11-21)16-7-6-8-17(19(16)18)20(23)24/h6-10,22H,2-5,11-14,21H2,1H3. The summed E-state index contributed by atoms with van der Waals surface area (Å²) >= 11 is 0. The van der Waals surface area contributed by atoms with Crippen LogP contribution < -0.4 is 16.0 Å². The maximum Gasteiger partial charge on any atom is 0.258 e. The first-order valence-electron chi connectivity index (χ1n) is 9.05. The zero-order valence-corrected chi connectivity index (χ0v) is 14.5. The van der Waals surface area contributed by atoms with E-state index in [1.807, 2.05) is 17.0 Å². The van der Waals surface area contributed by atoms with Crippen molar-refractivity contribution in [1.82, 2.24) is 5.32 Å². The fraction of sp³-hybridized carbons (Fsp3) is 0.450. The molecule has 0 saturated heterocycles. The average Bonchev–Trinajstić information content (AvgIpc) is 2.88. The van der Waals surface area contributed by atoms with Crippen LogP contribution in [-0.2, 0) is 6.54 Å². The van der Waals surface area contributed by atoms with Gasteiger partial charge in [0.1, 0.15) is 0 Å². The van der Waals surface area contributed by atoms with Gasteiger partial charge < -0.3 is 16.0 Å². The third-order valence-electron chi connectivity index (χ3n) is 4.73. The lowest BCUT2D eigenvalue weighted by Gasteiger charge is -2.17. The van der Waals surface area contributed by atoms with E-state index >= 15 is 0 Å². The second-order valence-electron chi connectivity index (χ2n) is 6.45. The summed E-state index contributed by atoms with van der Waals surface area (Å²) in [6, 6.07) is 10.4. The van der Waals surface area contributed by atoms with Crippen LogP contribution in [0.2, 0.25) is 0 Å². The lowest BCUT2D eigenvalue weighted by Crippen LogP contribution is -2.27. The van der Waals surface area contributed by atoms with Crippen LogP contribution in [0.5, 0.6) is 0 Å². The summed E-state index contributed by atoms with van der Waals surface area (Å²) in [4.78, 5) is 14.7. The molecule has 128 valence electrons. The van der Waals surface area contributed by atoms with Crippen LogP contribution in [0.4, 0.5) is 5.69 Å². The molecule has 0 bridgehead atoms. The number of carbonyl (C=O) groups is 1. The molecule has 4 nitrogen and oxygen atoms in total. The number of amides is 1. The highest BCUT2D eigenvalue weighted by molar-refractivity contribution is 6.25. The molecule has 0 aliphatic carbocycles. The smallest absolute Gasteiger partial charge is 0.258 e. The Labute approximate surface area is 144 Å². The molecule has 0 spiro atoms. The highest BCUT2D eigenvalue weighted by Crippen LogP contribution is 2.38. The van der Waals surface area contributed by atoms with Crippen molar-refractivity contribution in [2.24, 2.45) is 5.73 Å². The van der Waals surface area contributed by atoms with Crippen molar-refractivity contribution in [1.29, 1.82) is 0 Å². The molecule has 0 fully saturated rings. The monoisotopic (exact) mass is 325 g/mol. The molecular weight excluding hydrogens is 298 g/mol. The SMILES string of the molecule is CCCCN1C(=O)c2cccc3c(CNCCCCN)ccc1c23. The van der Waals surface area contributed by atoms with Gasteiger partial charge in [-0.3, -0.25) is 4.79 Å². The van der Waals surface area contributed by atoms with Gasteiger partial charge in [-0.15, -0.1) is 0 Å². The van der Waals surface area contributed by atoms with Gasteiger partial charge in [0.05, 0.1) is 5.69 Å². The second-order valence-corrected chi connectivity index (χ2v) is 6.45. The topological polar surface area (TPSA) is 58.4 Å². The van der Waals surface area contributed by atoms with E-state index in [1.54, 1.807) is 0 Å². The van der Waals surface area contributed by atoms with Crippen LogP contribution in [0.25, 0.3) is 10.8 Å². The fourth-order valence-corrected chi connectivity index (χ4v) is 3.42. The fourth-order valence-electron chi connectivity index (χ4n) is 3.42. The van der Waals surface area contributed by atoms with Gasteiger partial charge in [0.15, 0.2) is 0 Å². The Morgan fingerprint density at radius 1 is 1.12 bits per heavy atom. The van der Waals surface area contributed by atoms with Crippen molar-refractivity contribution in [3.63, 3.8) is 0 Å². The number of nitrogens with zero attached hydrogens (tertiary/aromatic N) is 1. The number of nitrogens with two attached hydrogens (primary N) is 1. The third-order valence-corrected chi connectivity index (χ3v) is 4.73. The highest BCUT2D eigenvalue weighted by Gasteiger charge is 2.29. The number of anilines is 1. The van der Waals surface area contributed by atoms with Gasteiger partial charge in [-0.1, -0.05) is 31.5 Å². The summed E-state index contributed by atoms with van der Waals surface area (Å²) in [5.74, 6) is 0.150. The molecule has 0 radical (unpaired) electrons. The number of unbranched alkanes of at least 4 members (excludes halogenated alkanes) is 2. The summed E-state index contributed by atoms with van der Waals surface area (Å²) in [6.45, 7) is 5.51. The van der Waals surface area contributed by atoms with Gasteiger partial charge in [0.2, 0.25) is 0 Å². The molecule has 1 aliphatic rings. The molecular formula is C20H27N3O. The first-order valence-corrected chi connectivity index (χ1v) is 9.05. The molecule has 4 heteroatoms. The largest absolute Gasteiger partial charge is 0.330 e. The van der Waals surface area contributed by atoms with Gasteiger partial charge in [0, 0.05) is 24.0 Å². The van der Waals surface area contributed by atoms with E-state index in [0.717, 1.165) is 68.5 Å². The maximum atomic E-state index is 12.7. The predicted octanol–water partition coefficient (Wildman–Crippen LogP) is 3.43. The Bertz CT molecular complexity index is 726. The van der Waals surface area contributed by atoms with Crippen LogP contribution >= 0.6 is 0 Å². The molecule has 1 heterocycles. The van der Waals surface area contributed by atoms with Crippen LogP contribution in [0.15, 0.2) is 30.3 Å². The Morgan fingerprint density at radius 2 is 2.00 bits per heavy atom. The van der Waals surface area contributed by atoms with Crippen molar-refractivity contribution >= 4 is 22.4 Å².